The third kappa shape index (κ3) is 5.02. The Morgan fingerprint density at radius 3 is 2.23 bits per heavy atom. The molecule has 1 fully saturated rings. The third-order valence-corrected chi connectivity index (χ3v) is 4.05. The van der Waals surface area contributed by atoms with Crippen LogP contribution in [0.25, 0.3) is 0 Å². The van der Waals surface area contributed by atoms with Crippen LogP contribution >= 0.6 is 0 Å². The average molecular weight is 304 g/mol. The standard InChI is InChI=1S/C18H28N2O2/c1-18(2,3)22-17(21)20-10-8-15(9-11-20)12-14-4-6-16(13-19)7-5-14/h4-7,15H,8-13,19H2,1-3H3. The van der Waals surface area contributed by atoms with Gasteiger partial charge in [0.05, 0.1) is 0 Å². The molecule has 0 atom stereocenters. The Labute approximate surface area is 133 Å². The number of benzene rings is 1. The molecule has 1 heterocycles. The van der Waals surface area contributed by atoms with Gasteiger partial charge in [-0.15, -0.1) is 0 Å². The van der Waals surface area contributed by atoms with Gasteiger partial charge in [-0.3, -0.25) is 0 Å². The number of hydrogen-bond acceptors (Lipinski definition) is 3. The van der Waals surface area contributed by atoms with Crippen LogP contribution in [-0.2, 0) is 17.7 Å². The summed E-state index contributed by atoms with van der Waals surface area (Å²) in [6, 6.07) is 8.54. The minimum absolute atomic E-state index is 0.182. The lowest BCUT2D eigenvalue weighted by Crippen LogP contribution is -2.42. The molecule has 1 amide bonds. The molecule has 22 heavy (non-hydrogen) atoms. The van der Waals surface area contributed by atoms with Crippen molar-refractivity contribution in [2.45, 2.75) is 52.2 Å². The van der Waals surface area contributed by atoms with E-state index in [9.17, 15) is 4.79 Å². The van der Waals surface area contributed by atoms with Crippen molar-refractivity contribution in [3.8, 4) is 0 Å². The van der Waals surface area contributed by atoms with Gasteiger partial charge in [-0.1, -0.05) is 24.3 Å². The van der Waals surface area contributed by atoms with E-state index in [1.807, 2.05) is 25.7 Å². The quantitative estimate of drug-likeness (QED) is 0.932. The number of rotatable bonds is 3. The largest absolute Gasteiger partial charge is 0.444 e. The molecule has 1 aliphatic heterocycles. The number of hydrogen-bond donors (Lipinski definition) is 1. The first kappa shape index (κ1) is 16.8. The second-order valence-electron chi connectivity index (χ2n) is 7.14. The van der Waals surface area contributed by atoms with Crippen LogP contribution in [0.2, 0.25) is 0 Å². The van der Waals surface area contributed by atoms with Crippen molar-refractivity contribution in [1.82, 2.24) is 4.90 Å². The van der Waals surface area contributed by atoms with Crippen LogP contribution in [0.1, 0.15) is 44.7 Å². The second kappa shape index (κ2) is 7.14. The monoisotopic (exact) mass is 304 g/mol. The maximum Gasteiger partial charge on any atom is 0.410 e. The number of nitrogens with zero attached hydrogens (tertiary/aromatic N) is 1. The summed E-state index contributed by atoms with van der Waals surface area (Å²) in [7, 11) is 0. The van der Waals surface area contributed by atoms with Crippen LogP contribution in [0, 0.1) is 5.92 Å². The molecule has 1 saturated heterocycles. The van der Waals surface area contributed by atoms with Crippen molar-refractivity contribution >= 4 is 6.09 Å². The molecule has 1 aromatic carbocycles. The molecule has 1 aromatic rings. The van der Waals surface area contributed by atoms with Gasteiger partial charge in [-0.05, 0) is 57.1 Å². The fourth-order valence-electron chi connectivity index (χ4n) is 2.79. The van der Waals surface area contributed by atoms with E-state index in [-0.39, 0.29) is 6.09 Å². The smallest absolute Gasteiger partial charge is 0.410 e. The number of ether oxygens (including phenoxy) is 1. The highest BCUT2D eigenvalue weighted by Gasteiger charge is 2.26. The first-order valence-electron chi connectivity index (χ1n) is 8.13. The van der Waals surface area contributed by atoms with E-state index in [1.54, 1.807) is 0 Å². The van der Waals surface area contributed by atoms with Crippen molar-refractivity contribution in [2.75, 3.05) is 13.1 Å². The molecule has 0 radical (unpaired) electrons. The zero-order valence-electron chi connectivity index (χ0n) is 14.0. The highest BCUT2D eigenvalue weighted by atomic mass is 16.6. The van der Waals surface area contributed by atoms with Gasteiger partial charge < -0.3 is 15.4 Å². The van der Waals surface area contributed by atoms with E-state index >= 15 is 0 Å². The molecule has 0 spiro atoms. The Kier molecular flexibility index (Phi) is 5.46. The summed E-state index contributed by atoms with van der Waals surface area (Å²) in [6.07, 6.45) is 2.97. The Morgan fingerprint density at radius 2 is 1.73 bits per heavy atom. The zero-order chi connectivity index (χ0) is 16.2. The average Bonchev–Trinajstić information content (AvgIpc) is 2.47. The summed E-state index contributed by atoms with van der Waals surface area (Å²) in [5.74, 6) is 0.641. The van der Waals surface area contributed by atoms with Crippen molar-refractivity contribution in [3.05, 3.63) is 35.4 Å². The molecule has 0 saturated carbocycles. The van der Waals surface area contributed by atoms with Crippen molar-refractivity contribution in [3.63, 3.8) is 0 Å². The fourth-order valence-corrected chi connectivity index (χ4v) is 2.79. The molecule has 2 rings (SSSR count). The van der Waals surface area contributed by atoms with Crippen molar-refractivity contribution in [1.29, 1.82) is 0 Å². The maximum absolute atomic E-state index is 12.0. The van der Waals surface area contributed by atoms with E-state index in [2.05, 4.69) is 24.3 Å². The molecular formula is C18H28N2O2. The number of likely N-dealkylation sites (tertiary alicyclic amines) is 1. The highest BCUT2D eigenvalue weighted by Crippen LogP contribution is 2.23. The van der Waals surface area contributed by atoms with Crippen LogP contribution < -0.4 is 5.73 Å². The van der Waals surface area contributed by atoms with E-state index in [0.717, 1.165) is 32.4 Å². The third-order valence-electron chi connectivity index (χ3n) is 4.05. The predicted molar refractivity (Wildman–Crippen MR) is 88.6 cm³/mol. The fraction of sp³-hybridized carbons (Fsp3) is 0.611. The van der Waals surface area contributed by atoms with Gasteiger partial charge >= 0.3 is 6.09 Å². The number of nitrogens with two attached hydrogens (primary N) is 1. The van der Waals surface area contributed by atoms with Crippen LogP contribution in [0.5, 0.6) is 0 Å². The Hall–Kier alpha value is -1.55. The number of piperidine rings is 1. The molecule has 0 unspecified atom stereocenters. The first-order chi connectivity index (χ1) is 10.4. The molecule has 0 bridgehead atoms. The summed E-state index contributed by atoms with van der Waals surface area (Å²) >= 11 is 0. The lowest BCUT2D eigenvalue weighted by molar-refractivity contribution is 0.0184. The van der Waals surface area contributed by atoms with Gasteiger partial charge in [-0.25, -0.2) is 4.79 Å². The van der Waals surface area contributed by atoms with Crippen molar-refractivity contribution < 1.29 is 9.53 Å². The Morgan fingerprint density at radius 1 is 1.18 bits per heavy atom. The normalized spacial score (nSPS) is 16.6. The lowest BCUT2D eigenvalue weighted by atomic mass is 9.90. The van der Waals surface area contributed by atoms with Gasteiger partial charge in [0.15, 0.2) is 0 Å². The van der Waals surface area contributed by atoms with E-state index in [4.69, 9.17) is 10.5 Å². The van der Waals surface area contributed by atoms with Crippen LogP contribution in [0.4, 0.5) is 4.79 Å². The van der Waals surface area contributed by atoms with E-state index in [0.29, 0.717) is 12.5 Å². The summed E-state index contributed by atoms with van der Waals surface area (Å²) in [5.41, 5.74) is 7.73. The van der Waals surface area contributed by atoms with Gasteiger partial charge in [0.25, 0.3) is 0 Å². The predicted octanol–water partition coefficient (Wildman–Crippen LogP) is 3.33. The molecule has 122 valence electrons. The molecule has 0 aromatic heterocycles. The summed E-state index contributed by atoms with van der Waals surface area (Å²) in [5, 5.41) is 0. The lowest BCUT2D eigenvalue weighted by Gasteiger charge is -2.33. The molecule has 0 aliphatic carbocycles. The van der Waals surface area contributed by atoms with Gasteiger partial charge in [0.2, 0.25) is 0 Å². The van der Waals surface area contributed by atoms with E-state index < -0.39 is 5.60 Å². The molecular weight excluding hydrogens is 276 g/mol. The maximum atomic E-state index is 12.0. The summed E-state index contributed by atoms with van der Waals surface area (Å²) in [4.78, 5) is 13.9. The minimum Gasteiger partial charge on any atom is -0.444 e. The topological polar surface area (TPSA) is 55.6 Å². The Balaban J connectivity index is 1.80. The Bertz CT molecular complexity index is 483. The van der Waals surface area contributed by atoms with Gasteiger partial charge in [-0.2, -0.15) is 0 Å². The number of amides is 1. The molecule has 4 nitrogen and oxygen atoms in total. The second-order valence-corrected chi connectivity index (χ2v) is 7.14. The van der Waals surface area contributed by atoms with Crippen molar-refractivity contribution in [2.24, 2.45) is 11.7 Å². The van der Waals surface area contributed by atoms with Crippen LogP contribution in [0.3, 0.4) is 0 Å². The number of carbonyl (C=O) groups excluding carboxylic acids is 1. The zero-order valence-corrected chi connectivity index (χ0v) is 14.0. The van der Waals surface area contributed by atoms with Gasteiger partial charge in [0.1, 0.15) is 5.60 Å². The summed E-state index contributed by atoms with van der Waals surface area (Å²) < 4.78 is 5.43. The van der Waals surface area contributed by atoms with E-state index in [1.165, 1.54) is 11.1 Å². The SMILES string of the molecule is CC(C)(C)OC(=O)N1CCC(Cc2ccc(CN)cc2)CC1. The molecule has 1 aliphatic rings. The minimum atomic E-state index is -0.418. The highest BCUT2D eigenvalue weighted by molar-refractivity contribution is 5.68. The van der Waals surface area contributed by atoms with Gasteiger partial charge in [0, 0.05) is 19.6 Å². The van der Waals surface area contributed by atoms with Crippen LogP contribution in [0.15, 0.2) is 24.3 Å². The summed E-state index contributed by atoms with van der Waals surface area (Å²) in [6.45, 7) is 7.89. The first-order valence-corrected chi connectivity index (χ1v) is 8.13. The molecule has 2 N–H and O–H groups in total. The van der Waals surface area contributed by atoms with Crippen LogP contribution in [-0.4, -0.2) is 29.7 Å². The molecule has 4 heteroatoms. The number of carbonyl (C=O) groups is 1.